The number of rotatable bonds is 3. The molecule has 0 saturated carbocycles. The van der Waals surface area contributed by atoms with Crippen LogP contribution in [-0.2, 0) is 0 Å². The second kappa shape index (κ2) is 8.37. The molecule has 1 aromatic rings. The van der Waals surface area contributed by atoms with Crippen LogP contribution >= 0.6 is 12.4 Å². The Labute approximate surface area is 79.9 Å². The summed E-state index contributed by atoms with van der Waals surface area (Å²) in [6.07, 6.45) is 1.06. The van der Waals surface area contributed by atoms with E-state index in [-0.39, 0.29) is 18.6 Å². The van der Waals surface area contributed by atoms with Gasteiger partial charge in [-0.25, -0.2) is 0 Å². The summed E-state index contributed by atoms with van der Waals surface area (Å²) in [5.74, 6) is 0.962. The zero-order valence-corrected chi connectivity index (χ0v) is 8.14. The number of hydrogen-bond acceptors (Lipinski definition) is 2. The summed E-state index contributed by atoms with van der Waals surface area (Å²) in [6.45, 7) is 2.91. The molecule has 12 heavy (non-hydrogen) atoms. The Morgan fingerprint density at radius 2 is 1.75 bits per heavy atom. The molecule has 0 aliphatic rings. The van der Waals surface area contributed by atoms with Crippen molar-refractivity contribution in [3.63, 3.8) is 0 Å². The molecule has 0 unspecified atom stereocenters. The van der Waals surface area contributed by atoms with Crippen molar-refractivity contribution in [2.24, 2.45) is 0 Å². The maximum absolute atomic E-state index is 5.36. The van der Waals surface area contributed by atoms with Crippen LogP contribution in [0.4, 0.5) is 0 Å². The smallest absolute Gasteiger partial charge is 0.119 e. The number of hydrogen-bond donors (Lipinski definition) is 1. The van der Waals surface area contributed by atoms with Gasteiger partial charge < -0.3 is 10.9 Å². The summed E-state index contributed by atoms with van der Waals surface area (Å²) in [5, 5.41) is 0. The van der Waals surface area contributed by atoms with Crippen molar-refractivity contribution < 1.29 is 4.74 Å². The predicted octanol–water partition coefficient (Wildman–Crippen LogP) is 3.06. The van der Waals surface area contributed by atoms with E-state index in [4.69, 9.17) is 4.74 Å². The van der Waals surface area contributed by atoms with E-state index >= 15 is 0 Å². The summed E-state index contributed by atoms with van der Waals surface area (Å²) in [6, 6.07) is 9.88. The third-order valence-electron chi connectivity index (χ3n) is 1.22. The van der Waals surface area contributed by atoms with Gasteiger partial charge in [0, 0.05) is 0 Å². The molecule has 0 saturated heterocycles. The molecular weight excluding hydrogens is 174 g/mol. The number of halogens is 1. The Bertz CT molecular complexity index is 179. The highest BCUT2D eigenvalue weighted by molar-refractivity contribution is 5.85. The van der Waals surface area contributed by atoms with Crippen LogP contribution < -0.4 is 10.9 Å². The molecule has 0 heterocycles. The van der Waals surface area contributed by atoms with Gasteiger partial charge in [-0.1, -0.05) is 25.1 Å². The van der Waals surface area contributed by atoms with Gasteiger partial charge in [-0.3, -0.25) is 0 Å². The molecule has 2 nitrogen and oxygen atoms in total. The highest BCUT2D eigenvalue weighted by atomic mass is 35.5. The van der Waals surface area contributed by atoms with E-state index in [0.29, 0.717) is 0 Å². The zero-order valence-electron chi connectivity index (χ0n) is 7.32. The lowest BCUT2D eigenvalue weighted by Gasteiger charge is -2.01. The van der Waals surface area contributed by atoms with Gasteiger partial charge in [-0.2, -0.15) is 0 Å². The molecule has 0 amide bonds. The molecule has 3 N–H and O–H groups in total. The van der Waals surface area contributed by atoms with Gasteiger partial charge in [0.2, 0.25) is 0 Å². The zero-order chi connectivity index (χ0) is 7.23. The molecule has 0 radical (unpaired) electrons. The molecule has 1 aromatic carbocycles. The molecule has 0 fully saturated rings. The minimum absolute atomic E-state index is 0. The Kier molecular flexibility index (Phi) is 9.65. The van der Waals surface area contributed by atoms with Crippen LogP contribution in [-0.4, -0.2) is 6.61 Å². The fourth-order valence-electron chi connectivity index (χ4n) is 0.737. The predicted molar refractivity (Wildman–Crippen MR) is 54.5 cm³/mol. The molecule has 70 valence electrons. The van der Waals surface area contributed by atoms with Crippen LogP contribution in [0, 0.1) is 0 Å². The van der Waals surface area contributed by atoms with Crippen molar-refractivity contribution in [2.75, 3.05) is 6.61 Å². The van der Waals surface area contributed by atoms with Gasteiger partial charge >= 0.3 is 0 Å². The van der Waals surface area contributed by atoms with E-state index in [1.807, 2.05) is 30.3 Å². The van der Waals surface area contributed by atoms with Crippen molar-refractivity contribution >= 4 is 12.4 Å². The fourth-order valence-corrected chi connectivity index (χ4v) is 0.737. The van der Waals surface area contributed by atoms with Gasteiger partial charge in [-0.15, -0.1) is 12.4 Å². The number of ether oxygens (including phenoxy) is 1. The van der Waals surface area contributed by atoms with Crippen molar-refractivity contribution in [3.8, 4) is 5.75 Å². The molecule has 1 rings (SSSR count). The van der Waals surface area contributed by atoms with Crippen molar-refractivity contribution in [3.05, 3.63) is 30.3 Å². The van der Waals surface area contributed by atoms with Crippen molar-refractivity contribution in [1.29, 1.82) is 0 Å². The van der Waals surface area contributed by atoms with E-state index in [9.17, 15) is 0 Å². The summed E-state index contributed by atoms with van der Waals surface area (Å²) in [7, 11) is 0. The first-order chi connectivity index (χ1) is 4.93. The monoisotopic (exact) mass is 189 g/mol. The highest BCUT2D eigenvalue weighted by Crippen LogP contribution is 2.07. The third-order valence-corrected chi connectivity index (χ3v) is 1.22. The first kappa shape index (κ1) is 13.8. The van der Waals surface area contributed by atoms with Gasteiger partial charge in [0.1, 0.15) is 5.75 Å². The topological polar surface area (TPSA) is 44.2 Å². The molecule has 0 atom stereocenters. The molecule has 0 aliphatic heterocycles. The van der Waals surface area contributed by atoms with Crippen molar-refractivity contribution in [2.45, 2.75) is 13.3 Å². The Hall–Kier alpha value is -0.730. The largest absolute Gasteiger partial charge is 0.494 e. The third kappa shape index (κ3) is 4.99. The summed E-state index contributed by atoms with van der Waals surface area (Å²) >= 11 is 0. The first-order valence-electron chi connectivity index (χ1n) is 3.61. The molecule has 0 aromatic heterocycles. The lowest BCUT2D eigenvalue weighted by atomic mass is 10.3. The van der Waals surface area contributed by atoms with Crippen LogP contribution in [0.5, 0.6) is 5.75 Å². The minimum Gasteiger partial charge on any atom is -0.494 e. The Morgan fingerprint density at radius 3 is 2.25 bits per heavy atom. The van der Waals surface area contributed by atoms with Crippen LogP contribution in [0.25, 0.3) is 0 Å². The second-order valence-corrected chi connectivity index (χ2v) is 2.16. The lowest BCUT2D eigenvalue weighted by molar-refractivity contribution is 0.317. The summed E-state index contributed by atoms with van der Waals surface area (Å²) < 4.78 is 5.36. The minimum atomic E-state index is 0. The molecule has 0 aliphatic carbocycles. The SMILES string of the molecule is CCCOc1ccccc1.Cl.N. The first-order valence-corrected chi connectivity index (χ1v) is 3.61. The van der Waals surface area contributed by atoms with E-state index in [2.05, 4.69) is 6.92 Å². The van der Waals surface area contributed by atoms with E-state index in [0.717, 1.165) is 18.8 Å². The van der Waals surface area contributed by atoms with Crippen molar-refractivity contribution in [1.82, 2.24) is 6.15 Å². The average Bonchev–Trinajstić information content (AvgIpc) is 2.03. The Morgan fingerprint density at radius 1 is 1.17 bits per heavy atom. The number of benzene rings is 1. The number of para-hydroxylation sites is 1. The lowest BCUT2D eigenvalue weighted by Crippen LogP contribution is -1.93. The van der Waals surface area contributed by atoms with Crippen LogP contribution in [0.1, 0.15) is 13.3 Å². The van der Waals surface area contributed by atoms with E-state index in [1.165, 1.54) is 0 Å². The van der Waals surface area contributed by atoms with E-state index in [1.54, 1.807) is 0 Å². The molecule has 0 spiro atoms. The standard InChI is InChI=1S/C9H12O.ClH.H3N/c1-2-8-10-9-6-4-3-5-7-9;;/h3-7H,2,8H2,1H3;1H;1H3. The van der Waals surface area contributed by atoms with Crippen LogP contribution in [0.15, 0.2) is 30.3 Å². The Balaban J connectivity index is 0. The summed E-state index contributed by atoms with van der Waals surface area (Å²) in [4.78, 5) is 0. The quantitative estimate of drug-likeness (QED) is 0.795. The molecular formula is C9H16ClNO. The molecule has 0 bridgehead atoms. The van der Waals surface area contributed by atoms with Gasteiger partial charge in [-0.05, 0) is 18.6 Å². The maximum Gasteiger partial charge on any atom is 0.119 e. The fraction of sp³-hybridized carbons (Fsp3) is 0.333. The van der Waals surface area contributed by atoms with Gasteiger partial charge in [0.05, 0.1) is 6.61 Å². The molecule has 3 heteroatoms. The highest BCUT2D eigenvalue weighted by Gasteiger charge is 1.86. The van der Waals surface area contributed by atoms with Crippen LogP contribution in [0.2, 0.25) is 0 Å². The van der Waals surface area contributed by atoms with E-state index < -0.39 is 0 Å². The van der Waals surface area contributed by atoms with Gasteiger partial charge in [0.25, 0.3) is 0 Å². The normalized spacial score (nSPS) is 7.75. The van der Waals surface area contributed by atoms with Gasteiger partial charge in [0.15, 0.2) is 0 Å². The average molecular weight is 190 g/mol. The summed E-state index contributed by atoms with van der Waals surface area (Å²) in [5.41, 5.74) is 0. The second-order valence-electron chi connectivity index (χ2n) is 2.16. The maximum atomic E-state index is 5.36. The van der Waals surface area contributed by atoms with Crippen LogP contribution in [0.3, 0.4) is 0 Å².